The lowest BCUT2D eigenvalue weighted by atomic mass is 10.1. The molecule has 1 aromatic carbocycles. The minimum atomic E-state index is 0.784. The topological polar surface area (TPSA) is 0 Å². The first-order chi connectivity index (χ1) is 5.83. The summed E-state index contributed by atoms with van der Waals surface area (Å²) >= 11 is 5.60. The van der Waals surface area contributed by atoms with Crippen LogP contribution in [0, 0.1) is 6.92 Å². The first kappa shape index (κ1) is 9.60. The van der Waals surface area contributed by atoms with Gasteiger partial charge < -0.3 is 0 Å². The van der Waals surface area contributed by atoms with E-state index >= 15 is 0 Å². The van der Waals surface area contributed by atoms with Crippen LogP contribution in [0.2, 0.25) is 0 Å². The SMILES string of the molecule is Cc1cccc(CCCCCl)c1. The van der Waals surface area contributed by atoms with E-state index in [1.807, 2.05) is 0 Å². The fraction of sp³-hybridized carbons (Fsp3) is 0.455. The number of benzene rings is 1. The summed E-state index contributed by atoms with van der Waals surface area (Å²) in [7, 11) is 0. The van der Waals surface area contributed by atoms with Crippen LogP contribution in [-0.2, 0) is 6.42 Å². The molecule has 0 aliphatic heterocycles. The van der Waals surface area contributed by atoms with Crippen LogP contribution in [0.15, 0.2) is 24.3 Å². The van der Waals surface area contributed by atoms with E-state index < -0.39 is 0 Å². The van der Waals surface area contributed by atoms with E-state index in [0.29, 0.717) is 0 Å². The van der Waals surface area contributed by atoms with Crippen molar-refractivity contribution >= 4 is 11.6 Å². The number of aryl methyl sites for hydroxylation is 2. The second kappa shape index (κ2) is 5.21. The van der Waals surface area contributed by atoms with Crippen molar-refractivity contribution in [3.05, 3.63) is 35.4 Å². The van der Waals surface area contributed by atoms with Gasteiger partial charge in [-0.3, -0.25) is 0 Å². The Morgan fingerprint density at radius 3 is 2.75 bits per heavy atom. The molecule has 0 bridgehead atoms. The predicted octanol–water partition coefficient (Wildman–Crippen LogP) is 3.56. The van der Waals surface area contributed by atoms with Gasteiger partial charge in [-0.2, -0.15) is 0 Å². The molecule has 66 valence electrons. The van der Waals surface area contributed by atoms with Crippen molar-refractivity contribution in [1.82, 2.24) is 0 Å². The molecule has 0 spiro atoms. The third-order valence-electron chi connectivity index (χ3n) is 1.93. The average Bonchev–Trinajstić information content (AvgIpc) is 2.05. The summed E-state index contributed by atoms with van der Waals surface area (Å²) in [5, 5.41) is 0. The highest BCUT2D eigenvalue weighted by Crippen LogP contribution is 2.07. The number of rotatable bonds is 4. The Bertz CT molecular complexity index is 230. The summed E-state index contributed by atoms with van der Waals surface area (Å²) < 4.78 is 0. The largest absolute Gasteiger partial charge is 0.127 e. The van der Waals surface area contributed by atoms with E-state index in [4.69, 9.17) is 11.6 Å². The molecule has 0 unspecified atom stereocenters. The molecule has 0 aromatic heterocycles. The molecule has 0 saturated carbocycles. The van der Waals surface area contributed by atoms with E-state index in [1.54, 1.807) is 0 Å². The molecule has 0 aliphatic rings. The summed E-state index contributed by atoms with van der Waals surface area (Å²) in [6.07, 6.45) is 3.48. The Kier molecular flexibility index (Phi) is 4.16. The molecule has 0 fully saturated rings. The fourth-order valence-electron chi connectivity index (χ4n) is 1.29. The smallest absolute Gasteiger partial charge is 0.0223 e. The van der Waals surface area contributed by atoms with Gasteiger partial charge in [0.2, 0.25) is 0 Å². The molecule has 0 aliphatic carbocycles. The zero-order chi connectivity index (χ0) is 8.81. The highest BCUT2D eigenvalue weighted by atomic mass is 35.5. The van der Waals surface area contributed by atoms with Gasteiger partial charge in [-0.15, -0.1) is 11.6 Å². The Balaban J connectivity index is 2.41. The molecular weight excluding hydrogens is 168 g/mol. The summed E-state index contributed by atoms with van der Waals surface area (Å²) in [4.78, 5) is 0. The molecule has 0 nitrogen and oxygen atoms in total. The van der Waals surface area contributed by atoms with Crippen molar-refractivity contribution in [2.24, 2.45) is 0 Å². The van der Waals surface area contributed by atoms with Crippen molar-refractivity contribution in [2.45, 2.75) is 26.2 Å². The lowest BCUT2D eigenvalue weighted by Gasteiger charge is -2.00. The van der Waals surface area contributed by atoms with Gasteiger partial charge in [0.05, 0.1) is 0 Å². The minimum Gasteiger partial charge on any atom is -0.127 e. The second-order valence-corrected chi connectivity index (χ2v) is 3.51. The molecule has 1 rings (SSSR count). The van der Waals surface area contributed by atoms with Gasteiger partial charge in [0.25, 0.3) is 0 Å². The Labute approximate surface area is 79.6 Å². The molecule has 1 aromatic rings. The van der Waals surface area contributed by atoms with Crippen LogP contribution < -0.4 is 0 Å². The molecule has 0 heterocycles. The van der Waals surface area contributed by atoms with Crippen molar-refractivity contribution in [2.75, 3.05) is 5.88 Å². The Hall–Kier alpha value is -0.490. The molecule has 0 N–H and O–H groups in total. The third kappa shape index (κ3) is 3.27. The number of alkyl halides is 1. The quantitative estimate of drug-likeness (QED) is 0.494. The van der Waals surface area contributed by atoms with Gasteiger partial charge in [-0.05, 0) is 31.7 Å². The fourth-order valence-corrected chi connectivity index (χ4v) is 1.48. The standard InChI is InChI=1S/C11H15Cl/c1-10-5-4-7-11(9-10)6-2-3-8-12/h4-5,7,9H,2-3,6,8H2,1H3. The first-order valence-electron chi connectivity index (χ1n) is 4.44. The predicted molar refractivity (Wildman–Crippen MR) is 54.8 cm³/mol. The maximum atomic E-state index is 5.60. The highest BCUT2D eigenvalue weighted by Gasteiger charge is 1.92. The zero-order valence-corrected chi connectivity index (χ0v) is 8.27. The van der Waals surface area contributed by atoms with Gasteiger partial charge in [0.1, 0.15) is 0 Å². The van der Waals surface area contributed by atoms with E-state index in [9.17, 15) is 0 Å². The highest BCUT2D eigenvalue weighted by molar-refractivity contribution is 6.17. The lowest BCUT2D eigenvalue weighted by molar-refractivity contribution is 0.799. The summed E-state index contributed by atoms with van der Waals surface area (Å²) in [6, 6.07) is 8.67. The number of halogens is 1. The van der Waals surface area contributed by atoms with Crippen LogP contribution >= 0.6 is 11.6 Å². The van der Waals surface area contributed by atoms with Crippen molar-refractivity contribution < 1.29 is 0 Å². The molecular formula is C11H15Cl. The van der Waals surface area contributed by atoms with Gasteiger partial charge in [-0.1, -0.05) is 29.8 Å². The van der Waals surface area contributed by atoms with Crippen molar-refractivity contribution in [1.29, 1.82) is 0 Å². The van der Waals surface area contributed by atoms with Crippen LogP contribution in [0.1, 0.15) is 24.0 Å². The van der Waals surface area contributed by atoms with Crippen LogP contribution in [-0.4, -0.2) is 5.88 Å². The van der Waals surface area contributed by atoms with Crippen LogP contribution in [0.25, 0.3) is 0 Å². The van der Waals surface area contributed by atoms with Crippen LogP contribution in [0.3, 0.4) is 0 Å². The molecule has 0 amide bonds. The minimum absolute atomic E-state index is 0.784. The van der Waals surface area contributed by atoms with Crippen LogP contribution in [0.4, 0.5) is 0 Å². The van der Waals surface area contributed by atoms with Gasteiger partial charge in [0, 0.05) is 5.88 Å². The van der Waals surface area contributed by atoms with Crippen LogP contribution in [0.5, 0.6) is 0 Å². The first-order valence-corrected chi connectivity index (χ1v) is 4.98. The maximum absolute atomic E-state index is 5.60. The Morgan fingerprint density at radius 1 is 1.25 bits per heavy atom. The van der Waals surface area contributed by atoms with Crippen molar-refractivity contribution in [3.8, 4) is 0 Å². The lowest BCUT2D eigenvalue weighted by Crippen LogP contribution is -1.86. The summed E-state index contributed by atoms with van der Waals surface area (Å²) in [5.74, 6) is 0.784. The van der Waals surface area contributed by atoms with Gasteiger partial charge in [0.15, 0.2) is 0 Å². The number of hydrogen-bond donors (Lipinski definition) is 0. The van der Waals surface area contributed by atoms with E-state index in [0.717, 1.165) is 18.7 Å². The third-order valence-corrected chi connectivity index (χ3v) is 2.20. The van der Waals surface area contributed by atoms with E-state index in [1.165, 1.54) is 17.5 Å². The monoisotopic (exact) mass is 182 g/mol. The molecule has 0 radical (unpaired) electrons. The summed E-state index contributed by atoms with van der Waals surface area (Å²) in [6.45, 7) is 2.13. The molecule has 0 atom stereocenters. The van der Waals surface area contributed by atoms with E-state index in [-0.39, 0.29) is 0 Å². The summed E-state index contributed by atoms with van der Waals surface area (Å²) in [5.41, 5.74) is 2.78. The molecule has 12 heavy (non-hydrogen) atoms. The second-order valence-electron chi connectivity index (χ2n) is 3.14. The maximum Gasteiger partial charge on any atom is 0.0223 e. The van der Waals surface area contributed by atoms with Crippen molar-refractivity contribution in [3.63, 3.8) is 0 Å². The van der Waals surface area contributed by atoms with E-state index in [2.05, 4.69) is 31.2 Å². The van der Waals surface area contributed by atoms with Gasteiger partial charge in [-0.25, -0.2) is 0 Å². The molecule has 1 heteroatoms. The zero-order valence-electron chi connectivity index (χ0n) is 7.52. The van der Waals surface area contributed by atoms with Gasteiger partial charge >= 0.3 is 0 Å². The normalized spacial score (nSPS) is 10.2. The molecule has 0 saturated heterocycles. The number of unbranched alkanes of at least 4 members (excludes halogenated alkanes) is 1. The Morgan fingerprint density at radius 2 is 2.08 bits per heavy atom. The average molecular weight is 183 g/mol. The number of hydrogen-bond acceptors (Lipinski definition) is 0.